The van der Waals surface area contributed by atoms with Gasteiger partial charge in [-0.25, -0.2) is 0 Å². The molecule has 0 aromatic heterocycles. The van der Waals surface area contributed by atoms with Gasteiger partial charge in [0.2, 0.25) is 0 Å². The first kappa shape index (κ1) is 5.23. The maximum Gasteiger partial charge on any atom is 0.332 e. The summed E-state index contributed by atoms with van der Waals surface area (Å²) in [5, 5.41) is 1.11. The van der Waals surface area contributed by atoms with E-state index in [-0.39, 0.29) is 0 Å². The summed E-state index contributed by atoms with van der Waals surface area (Å²) in [6.45, 7) is 5.67. The van der Waals surface area contributed by atoms with Crippen molar-refractivity contribution in [3.8, 4) is 0 Å². The summed E-state index contributed by atoms with van der Waals surface area (Å²) in [7, 11) is -1.69. The van der Waals surface area contributed by atoms with E-state index in [9.17, 15) is 0 Å². The Kier molecular flexibility index (Phi) is 1.43. The van der Waals surface area contributed by atoms with Crippen LogP contribution in [0.25, 0.3) is 0 Å². The molecular formula is C3H8O2Si2. The fourth-order valence-corrected chi connectivity index (χ4v) is 3.79. The zero-order valence-corrected chi connectivity index (χ0v) is 6.88. The van der Waals surface area contributed by atoms with Gasteiger partial charge in [-0.2, -0.15) is 0 Å². The van der Waals surface area contributed by atoms with Crippen molar-refractivity contribution < 1.29 is 8.23 Å². The largest absolute Gasteiger partial charge is 0.419 e. The van der Waals surface area contributed by atoms with Gasteiger partial charge < -0.3 is 8.23 Å². The molecule has 0 aliphatic carbocycles. The normalized spacial score (nSPS) is 32.4. The summed E-state index contributed by atoms with van der Waals surface area (Å²) in [6.07, 6.45) is 0. The molecule has 0 bridgehead atoms. The molecule has 1 aliphatic heterocycles. The molecule has 1 rings (SSSR count). The molecule has 1 fully saturated rings. The first-order valence-electron chi connectivity index (χ1n) is 2.19. The van der Waals surface area contributed by atoms with E-state index in [1.165, 1.54) is 0 Å². The summed E-state index contributed by atoms with van der Waals surface area (Å²) in [6, 6.07) is 0. The van der Waals surface area contributed by atoms with Crippen molar-refractivity contribution in [2.24, 2.45) is 0 Å². The van der Waals surface area contributed by atoms with E-state index in [0.29, 0.717) is 0 Å². The Hall–Kier alpha value is 0.0938. The Morgan fingerprint density at radius 2 is 2.29 bits per heavy atom. The molecule has 0 saturated carbocycles. The predicted octanol–water partition coefficient (Wildman–Crippen LogP) is -0.632. The van der Waals surface area contributed by atoms with E-state index in [0.717, 1.165) is 5.20 Å². The third-order valence-electron chi connectivity index (χ3n) is 0.841. The first-order chi connectivity index (χ1) is 3.30. The predicted molar refractivity (Wildman–Crippen MR) is 32.7 cm³/mol. The van der Waals surface area contributed by atoms with Crippen LogP contribution in [0.15, 0.2) is 11.8 Å². The molecule has 40 valence electrons. The summed E-state index contributed by atoms with van der Waals surface area (Å²) in [5.74, 6) is 0. The van der Waals surface area contributed by atoms with Gasteiger partial charge in [0.1, 0.15) is 0 Å². The number of hydrogen-bond acceptors (Lipinski definition) is 2. The highest BCUT2D eigenvalue weighted by Crippen LogP contribution is 2.06. The lowest BCUT2D eigenvalue weighted by Gasteiger charge is -2.25. The lowest BCUT2D eigenvalue weighted by atomic mass is 10.8. The molecular weight excluding hydrogens is 124 g/mol. The number of rotatable bonds is 1. The van der Waals surface area contributed by atoms with E-state index in [1.54, 1.807) is 0 Å². The smallest absolute Gasteiger partial charge is 0.332 e. The zero-order valence-electron chi connectivity index (χ0n) is 4.31. The van der Waals surface area contributed by atoms with Crippen molar-refractivity contribution in [1.29, 1.82) is 0 Å². The van der Waals surface area contributed by atoms with Crippen LogP contribution in [0.5, 0.6) is 0 Å². The van der Waals surface area contributed by atoms with Gasteiger partial charge in [0.05, 0.1) is 0 Å². The maximum atomic E-state index is 5.15. The molecule has 1 heterocycles. The third-order valence-corrected chi connectivity index (χ3v) is 5.16. The summed E-state index contributed by atoms with van der Waals surface area (Å²) in [5.41, 5.74) is 0. The molecule has 0 aromatic rings. The molecule has 0 radical (unpaired) electrons. The lowest BCUT2D eigenvalue weighted by molar-refractivity contribution is 0.322. The Balaban J connectivity index is 2.27. The first-order valence-corrected chi connectivity index (χ1v) is 4.87. The molecule has 0 amide bonds. The Morgan fingerprint density at radius 1 is 1.71 bits per heavy atom. The van der Waals surface area contributed by atoms with Crippen LogP contribution in [0, 0.1) is 0 Å². The minimum Gasteiger partial charge on any atom is -0.419 e. The van der Waals surface area contributed by atoms with Crippen molar-refractivity contribution in [2.45, 2.75) is 6.92 Å². The van der Waals surface area contributed by atoms with Crippen LogP contribution in [0.2, 0.25) is 0 Å². The quantitative estimate of drug-likeness (QED) is 0.442. The molecule has 1 saturated heterocycles. The van der Waals surface area contributed by atoms with E-state index >= 15 is 0 Å². The lowest BCUT2D eigenvalue weighted by Crippen LogP contribution is -2.39. The van der Waals surface area contributed by atoms with Crippen molar-refractivity contribution in [3.05, 3.63) is 11.8 Å². The summed E-state index contributed by atoms with van der Waals surface area (Å²) >= 11 is 0. The van der Waals surface area contributed by atoms with Gasteiger partial charge in [0.15, 0.2) is 0 Å². The molecule has 2 nitrogen and oxygen atoms in total. The fraction of sp³-hybridized carbons (Fsp3) is 0.333. The van der Waals surface area contributed by atoms with E-state index < -0.39 is 19.3 Å². The topological polar surface area (TPSA) is 18.5 Å². The molecule has 1 aliphatic rings. The van der Waals surface area contributed by atoms with Crippen LogP contribution < -0.4 is 0 Å². The molecule has 0 N–H and O–H groups in total. The summed E-state index contributed by atoms with van der Waals surface area (Å²) in [4.78, 5) is 0. The van der Waals surface area contributed by atoms with Gasteiger partial charge in [-0.1, -0.05) is 6.58 Å². The Morgan fingerprint density at radius 3 is 2.29 bits per heavy atom. The van der Waals surface area contributed by atoms with Gasteiger partial charge in [-0.15, -0.1) is 0 Å². The van der Waals surface area contributed by atoms with Gasteiger partial charge in [-0.05, 0) is 12.1 Å². The van der Waals surface area contributed by atoms with Crippen LogP contribution in [0.1, 0.15) is 6.92 Å². The molecule has 4 heteroatoms. The fourth-order valence-electron chi connectivity index (χ4n) is 0.421. The zero-order chi connectivity index (χ0) is 5.28. The SMILES string of the molecule is C=C(C)[SiH]1O[SiH2]O1. The van der Waals surface area contributed by atoms with Gasteiger partial charge in [-0.3, -0.25) is 0 Å². The van der Waals surface area contributed by atoms with E-state index in [1.807, 2.05) is 6.92 Å². The van der Waals surface area contributed by atoms with Crippen molar-refractivity contribution in [2.75, 3.05) is 0 Å². The third kappa shape index (κ3) is 1.00. The van der Waals surface area contributed by atoms with Gasteiger partial charge in [0, 0.05) is 0 Å². The molecule has 0 atom stereocenters. The highest BCUT2D eigenvalue weighted by atomic mass is 28.4. The highest BCUT2D eigenvalue weighted by Gasteiger charge is 2.22. The van der Waals surface area contributed by atoms with E-state index in [4.69, 9.17) is 8.23 Å². The minimum absolute atomic E-state index is 0.484. The van der Waals surface area contributed by atoms with E-state index in [2.05, 4.69) is 6.58 Å². The molecule has 0 spiro atoms. The average Bonchev–Trinajstić information content (AvgIpc) is 1.23. The highest BCUT2D eigenvalue weighted by molar-refractivity contribution is 6.69. The second-order valence-electron chi connectivity index (χ2n) is 1.63. The van der Waals surface area contributed by atoms with Gasteiger partial charge in [0.25, 0.3) is 10.0 Å². The maximum absolute atomic E-state index is 5.15. The Labute approximate surface area is 47.0 Å². The molecule has 7 heavy (non-hydrogen) atoms. The standard InChI is InChI=1S/C3H8O2Si2/c1-3(2)7-4-6-5-7/h7H,1,6H2,2H3. The van der Waals surface area contributed by atoms with Crippen LogP contribution >= 0.6 is 0 Å². The number of hydrogen-bond donors (Lipinski definition) is 0. The monoisotopic (exact) mass is 132 g/mol. The molecule has 0 aromatic carbocycles. The second-order valence-corrected chi connectivity index (χ2v) is 6.18. The Bertz CT molecular complexity index is 88.9. The van der Waals surface area contributed by atoms with Crippen molar-refractivity contribution in [3.63, 3.8) is 0 Å². The van der Waals surface area contributed by atoms with Crippen LogP contribution in [-0.4, -0.2) is 19.3 Å². The van der Waals surface area contributed by atoms with Crippen molar-refractivity contribution >= 4 is 19.3 Å². The number of allylic oxidation sites excluding steroid dienone is 1. The van der Waals surface area contributed by atoms with Gasteiger partial charge >= 0.3 is 9.28 Å². The minimum atomic E-state index is -1.21. The summed E-state index contributed by atoms with van der Waals surface area (Å²) < 4.78 is 10.3. The molecule has 0 unspecified atom stereocenters. The van der Waals surface area contributed by atoms with Crippen LogP contribution in [0.4, 0.5) is 0 Å². The van der Waals surface area contributed by atoms with Crippen LogP contribution in [-0.2, 0) is 8.23 Å². The van der Waals surface area contributed by atoms with Crippen LogP contribution in [0.3, 0.4) is 0 Å². The second kappa shape index (κ2) is 1.91. The average molecular weight is 132 g/mol. The van der Waals surface area contributed by atoms with Crippen molar-refractivity contribution in [1.82, 2.24) is 0 Å².